The third kappa shape index (κ3) is 2.21. The van der Waals surface area contributed by atoms with Gasteiger partial charge in [0.2, 0.25) is 0 Å². The van der Waals surface area contributed by atoms with Gasteiger partial charge in [-0.2, -0.15) is 5.10 Å². The first-order chi connectivity index (χ1) is 7.58. The van der Waals surface area contributed by atoms with Gasteiger partial charge in [0.1, 0.15) is 17.9 Å². The van der Waals surface area contributed by atoms with Crippen molar-refractivity contribution in [3.8, 4) is 5.75 Å². The molecule has 2 rings (SSSR count). The van der Waals surface area contributed by atoms with Crippen LogP contribution in [0.4, 0.5) is 0 Å². The van der Waals surface area contributed by atoms with Crippen molar-refractivity contribution < 1.29 is 5.11 Å². The van der Waals surface area contributed by atoms with Crippen molar-refractivity contribution in [2.24, 2.45) is 10.9 Å². The number of benzene rings is 1. The second-order valence-corrected chi connectivity index (χ2v) is 4.89. The fourth-order valence-corrected chi connectivity index (χ4v) is 2.49. The van der Waals surface area contributed by atoms with Gasteiger partial charge in [-0.05, 0) is 34.1 Å². The summed E-state index contributed by atoms with van der Waals surface area (Å²) < 4.78 is 1.46. The quantitative estimate of drug-likeness (QED) is 0.679. The Hall–Kier alpha value is -1.05. The second-order valence-electron chi connectivity index (χ2n) is 3.12. The number of phenols is 1. The Morgan fingerprint density at radius 1 is 1.44 bits per heavy atom. The number of aromatic hydroxyl groups is 1. The average Bonchev–Trinajstić information content (AvgIpc) is 2.60. The molecule has 16 heavy (non-hydrogen) atoms. The monoisotopic (exact) mass is 346 g/mol. The van der Waals surface area contributed by atoms with Gasteiger partial charge in [0.25, 0.3) is 0 Å². The molecule has 0 spiro atoms. The Balaban J connectivity index is 2.42. The third-order valence-electron chi connectivity index (χ3n) is 1.99. The first-order valence-corrected chi connectivity index (χ1v) is 5.89. The number of rotatable bonds is 1. The van der Waals surface area contributed by atoms with Gasteiger partial charge in [0.15, 0.2) is 0 Å². The van der Waals surface area contributed by atoms with Gasteiger partial charge in [0.05, 0.1) is 4.47 Å². The lowest BCUT2D eigenvalue weighted by Crippen LogP contribution is -2.27. The molecule has 7 heteroatoms. The Morgan fingerprint density at radius 3 is 2.81 bits per heavy atom. The molecule has 84 valence electrons. The molecule has 0 aromatic heterocycles. The van der Waals surface area contributed by atoms with E-state index in [-0.39, 0.29) is 5.75 Å². The molecule has 4 N–H and O–H groups in total. The third-order valence-corrected chi connectivity index (χ3v) is 3.05. The van der Waals surface area contributed by atoms with Gasteiger partial charge in [-0.3, -0.25) is 5.43 Å². The van der Waals surface area contributed by atoms with Crippen LogP contribution in [0.15, 0.2) is 32.0 Å². The zero-order chi connectivity index (χ0) is 11.7. The minimum absolute atomic E-state index is 0.151. The standard InChI is InChI=1S/C9H8Br2N4O/c10-6-1-5(9(16)7(11)3-6)2-8-14-13-4-15(8)12/h1-4,14,16H,12H2. The highest BCUT2D eigenvalue weighted by Crippen LogP contribution is 2.33. The molecule has 5 nitrogen and oxygen atoms in total. The summed E-state index contributed by atoms with van der Waals surface area (Å²) in [7, 11) is 0. The molecule has 0 aliphatic carbocycles. The van der Waals surface area contributed by atoms with Crippen molar-refractivity contribution in [2.45, 2.75) is 0 Å². The van der Waals surface area contributed by atoms with Gasteiger partial charge in [-0.25, -0.2) is 10.9 Å². The zero-order valence-corrected chi connectivity index (χ0v) is 11.2. The highest BCUT2D eigenvalue weighted by Gasteiger charge is 2.11. The molecule has 1 aliphatic rings. The van der Waals surface area contributed by atoms with Crippen molar-refractivity contribution in [2.75, 3.05) is 0 Å². The number of halogens is 2. The number of nitrogens with zero attached hydrogens (tertiary/aromatic N) is 2. The normalized spacial score (nSPS) is 16.9. The Morgan fingerprint density at radius 2 is 2.19 bits per heavy atom. The molecule has 1 aliphatic heterocycles. The summed E-state index contributed by atoms with van der Waals surface area (Å²) in [6.45, 7) is 0. The van der Waals surface area contributed by atoms with Crippen LogP contribution in [-0.2, 0) is 0 Å². The van der Waals surface area contributed by atoms with Crippen LogP contribution in [0.3, 0.4) is 0 Å². The van der Waals surface area contributed by atoms with Crippen LogP contribution in [0.1, 0.15) is 5.56 Å². The van der Waals surface area contributed by atoms with Crippen LogP contribution < -0.4 is 11.3 Å². The van der Waals surface area contributed by atoms with Crippen molar-refractivity contribution in [3.63, 3.8) is 0 Å². The molecule has 0 unspecified atom stereocenters. The number of hydrogen-bond donors (Lipinski definition) is 3. The topological polar surface area (TPSA) is 73.9 Å². The fourth-order valence-electron chi connectivity index (χ4n) is 1.23. The largest absolute Gasteiger partial charge is 0.506 e. The predicted molar refractivity (Wildman–Crippen MR) is 69.1 cm³/mol. The number of nitrogens with two attached hydrogens (primary N) is 1. The predicted octanol–water partition coefficient (Wildman–Crippen LogP) is 1.94. The van der Waals surface area contributed by atoms with Crippen LogP contribution in [-0.4, -0.2) is 16.5 Å². The van der Waals surface area contributed by atoms with Crippen LogP contribution >= 0.6 is 31.9 Å². The smallest absolute Gasteiger partial charge is 0.143 e. The summed E-state index contributed by atoms with van der Waals surface area (Å²) in [6.07, 6.45) is 3.13. The Labute approximate surface area is 109 Å². The van der Waals surface area contributed by atoms with E-state index in [1.807, 2.05) is 0 Å². The first kappa shape index (κ1) is 11.4. The lowest BCUT2D eigenvalue weighted by Gasteiger charge is -2.09. The molecule has 1 aromatic carbocycles. The number of phenolic OH excluding ortho intramolecular Hbond substituents is 1. The summed E-state index contributed by atoms with van der Waals surface area (Å²) in [5, 5.41) is 14.9. The minimum Gasteiger partial charge on any atom is -0.506 e. The maximum atomic E-state index is 9.83. The lowest BCUT2D eigenvalue weighted by molar-refractivity contribution is 0.470. The molecular formula is C9H8Br2N4O. The van der Waals surface area contributed by atoms with E-state index < -0.39 is 0 Å². The van der Waals surface area contributed by atoms with Crippen molar-refractivity contribution in [1.82, 2.24) is 10.4 Å². The SMILES string of the molecule is NN1C=NNC1=Cc1cc(Br)cc(Br)c1O. The molecule has 0 saturated heterocycles. The van der Waals surface area contributed by atoms with E-state index in [2.05, 4.69) is 42.4 Å². The minimum atomic E-state index is 0.151. The zero-order valence-electron chi connectivity index (χ0n) is 7.98. The molecular weight excluding hydrogens is 340 g/mol. The van der Waals surface area contributed by atoms with Crippen molar-refractivity contribution >= 4 is 44.3 Å². The summed E-state index contributed by atoms with van der Waals surface area (Å²) in [6, 6.07) is 3.54. The van der Waals surface area contributed by atoms with Crippen LogP contribution in [0.5, 0.6) is 5.75 Å². The van der Waals surface area contributed by atoms with Gasteiger partial charge >= 0.3 is 0 Å². The summed E-state index contributed by atoms with van der Waals surface area (Å²) in [5.74, 6) is 6.34. The Kier molecular flexibility index (Phi) is 3.17. The average molecular weight is 348 g/mol. The highest BCUT2D eigenvalue weighted by molar-refractivity contribution is 9.11. The molecule has 0 saturated carbocycles. The molecule has 1 heterocycles. The molecule has 0 fully saturated rings. The van der Waals surface area contributed by atoms with E-state index in [0.29, 0.717) is 15.9 Å². The summed E-state index contributed by atoms with van der Waals surface area (Å²) in [5.41, 5.74) is 3.34. The van der Waals surface area contributed by atoms with Crippen LogP contribution in [0.25, 0.3) is 6.08 Å². The van der Waals surface area contributed by atoms with E-state index in [0.717, 1.165) is 4.47 Å². The number of hydrazone groups is 1. The van der Waals surface area contributed by atoms with E-state index in [4.69, 9.17) is 5.84 Å². The summed E-state index contributed by atoms with van der Waals surface area (Å²) in [4.78, 5) is 0. The van der Waals surface area contributed by atoms with Gasteiger partial charge in [0, 0.05) is 10.0 Å². The number of nitrogens with one attached hydrogen (secondary N) is 1. The van der Waals surface area contributed by atoms with E-state index >= 15 is 0 Å². The van der Waals surface area contributed by atoms with Gasteiger partial charge < -0.3 is 5.11 Å². The Bertz CT molecular complexity index is 487. The van der Waals surface area contributed by atoms with E-state index in [1.54, 1.807) is 18.2 Å². The van der Waals surface area contributed by atoms with E-state index in [1.165, 1.54) is 11.3 Å². The van der Waals surface area contributed by atoms with Gasteiger partial charge in [-0.1, -0.05) is 15.9 Å². The van der Waals surface area contributed by atoms with Crippen LogP contribution in [0, 0.1) is 0 Å². The van der Waals surface area contributed by atoms with Gasteiger partial charge in [-0.15, -0.1) is 0 Å². The highest BCUT2D eigenvalue weighted by atomic mass is 79.9. The van der Waals surface area contributed by atoms with Crippen molar-refractivity contribution in [1.29, 1.82) is 0 Å². The number of hydrogen-bond acceptors (Lipinski definition) is 5. The maximum absolute atomic E-state index is 9.83. The second kappa shape index (κ2) is 4.44. The summed E-state index contributed by atoms with van der Waals surface area (Å²) >= 11 is 6.60. The lowest BCUT2D eigenvalue weighted by atomic mass is 10.2. The first-order valence-electron chi connectivity index (χ1n) is 4.31. The van der Waals surface area contributed by atoms with Crippen molar-refractivity contribution in [3.05, 3.63) is 32.5 Å². The molecule has 0 atom stereocenters. The molecule has 1 aromatic rings. The maximum Gasteiger partial charge on any atom is 0.143 e. The molecule has 0 amide bonds. The number of hydrazine groups is 1. The van der Waals surface area contributed by atoms with Crippen LogP contribution in [0.2, 0.25) is 0 Å². The molecule has 0 bridgehead atoms. The fraction of sp³-hybridized carbons (Fsp3) is 0. The van der Waals surface area contributed by atoms with E-state index in [9.17, 15) is 5.11 Å². The molecule has 0 radical (unpaired) electrons.